The zero-order valence-corrected chi connectivity index (χ0v) is 25.5. The molecule has 1 N–H and O–H groups in total. The first-order valence-electron chi connectivity index (χ1n) is 14.4. The van der Waals surface area contributed by atoms with Crippen LogP contribution < -0.4 is 0 Å². The minimum Gasteiger partial charge on any atom is -0.360 e. The number of likely N-dealkylation sites (N-methyl/N-ethyl adjacent to an activating group) is 1. The summed E-state index contributed by atoms with van der Waals surface area (Å²) in [6.07, 6.45) is 6.82. The average Bonchev–Trinajstić information content (AvgIpc) is 3.27. The molecule has 222 valence electrons. The van der Waals surface area contributed by atoms with Crippen LogP contribution in [0.25, 0.3) is 22.2 Å². The number of rotatable bonds is 9. The number of carbonyl (C=O) groups is 1. The molecular formula is C32H38FN5O3S. The quantitative estimate of drug-likeness (QED) is 0.304. The normalized spacial score (nSPS) is 16.0. The molecule has 0 bridgehead atoms. The maximum atomic E-state index is 15.0. The number of halogens is 1. The maximum absolute atomic E-state index is 15.0. The lowest BCUT2D eigenvalue weighted by molar-refractivity contribution is -0.123. The molecule has 42 heavy (non-hydrogen) atoms. The van der Waals surface area contributed by atoms with Gasteiger partial charge in [0.25, 0.3) is 0 Å². The number of aromatic nitrogens is 3. The van der Waals surface area contributed by atoms with Crippen molar-refractivity contribution in [3.8, 4) is 11.3 Å². The minimum atomic E-state index is -3.70. The van der Waals surface area contributed by atoms with Crippen LogP contribution in [0.2, 0.25) is 0 Å². The molecule has 10 heteroatoms. The van der Waals surface area contributed by atoms with Gasteiger partial charge in [-0.1, -0.05) is 37.3 Å². The van der Waals surface area contributed by atoms with Crippen LogP contribution in [0.1, 0.15) is 42.3 Å². The fraction of sp³-hybridized carbons (Fsp3) is 0.406. The smallest absolute Gasteiger partial charge is 0.178 e. The summed E-state index contributed by atoms with van der Waals surface area (Å²) >= 11 is 0. The molecule has 5 rings (SSSR count). The second kappa shape index (κ2) is 12.4. The van der Waals surface area contributed by atoms with Crippen molar-refractivity contribution in [3.63, 3.8) is 0 Å². The second-order valence-corrected chi connectivity index (χ2v) is 13.3. The summed E-state index contributed by atoms with van der Waals surface area (Å²) in [5, 5.41) is 0.947. The van der Waals surface area contributed by atoms with E-state index in [1.807, 2.05) is 31.3 Å². The van der Waals surface area contributed by atoms with Gasteiger partial charge >= 0.3 is 0 Å². The lowest BCUT2D eigenvalue weighted by Crippen LogP contribution is -2.43. The minimum absolute atomic E-state index is 0.0509. The maximum Gasteiger partial charge on any atom is 0.178 e. The summed E-state index contributed by atoms with van der Waals surface area (Å²) in [4.78, 5) is 30.5. The molecule has 4 aromatic rings. The van der Waals surface area contributed by atoms with E-state index in [4.69, 9.17) is 4.98 Å². The number of nitrogens with one attached hydrogen (secondary N) is 1. The van der Waals surface area contributed by atoms with Crippen LogP contribution in [0, 0.1) is 12.7 Å². The number of ketones is 1. The number of Topliss-reactive ketones (excluding diaryl/α,β-unsaturated/α-hetero) is 1. The Morgan fingerprint density at radius 1 is 1.10 bits per heavy atom. The molecule has 1 fully saturated rings. The molecule has 1 aliphatic rings. The Labute approximate surface area is 246 Å². The van der Waals surface area contributed by atoms with Crippen molar-refractivity contribution in [2.24, 2.45) is 0 Å². The van der Waals surface area contributed by atoms with Crippen molar-refractivity contribution in [1.29, 1.82) is 0 Å². The second-order valence-electron chi connectivity index (χ2n) is 11.3. The van der Waals surface area contributed by atoms with Gasteiger partial charge < -0.3 is 9.88 Å². The van der Waals surface area contributed by atoms with E-state index in [1.165, 1.54) is 12.1 Å². The fourth-order valence-electron chi connectivity index (χ4n) is 5.92. The van der Waals surface area contributed by atoms with Crippen LogP contribution in [0.3, 0.4) is 0 Å². The van der Waals surface area contributed by atoms with E-state index in [-0.39, 0.29) is 28.7 Å². The van der Waals surface area contributed by atoms with Crippen molar-refractivity contribution >= 4 is 26.5 Å². The highest BCUT2D eigenvalue weighted by molar-refractivity contribution is 7.90. The summed E-state index contributed by atoms with van der Waals surface area (Å²) in [5.74, 6) is -0.163. The number of aromatic amines is 1. The molecule has 0 aliphatic carbocycles. The van der Waals surface area contributed by atoms with Crippen molar-refractivity contribution in [3.05, 3.63) is 77.1 Å². The third kappa shape index (κ3) is 6.30. The van der Waals surface area contributed by atoms with Gasteiger partial charge in [-0.25, -0.2) is 22.8 Å². The van der Waals surface area contributed by atoms with E-state index >= 15 is 4.39 Å². The van der Waals surface area contributed by atoms with Gasteiger partial charge in [-0.05, 0) is 56.1 Å². The third-order valence-electron chi connectivity index (χ3n) is 8.19. The van der Waals surface area contributed by atoms with Gasteiger partial charge in [-0.15, -0.1) is 0 Å². The summed E-state index contributed by atoms with van der Waals surface area (Å²) in [7, 11) is -1.57. The Balaban J connectivity index is 1.42. The number of H-pyrrole nitrogens is 1. The van der Waals surface area contributed by atoms with Gasteiger partial charge in [0.15, 0.2) is 15.6 Å². The van der Waals surface area contributed by atoms with Crippen molar-refractivity contribution in [2.75, 3.05) is 39.5 Å². The number of hydrogen-bond donors (Lipinski definition) is 1. The van der Waals surface area contributed by atoms with E-state index in [0.29, 0.717) is 17.9 Å². The number of hydrogen-bond acceptors (Lipinski definition) is 7. The number of fused-ring (bicyclic) bond motifs is 1. The molecule has 0 unspecified atom stereocenters. The molecule has 3 heterocycles. The first-order chi connectivity index (χ1) is 20.1. The molecular weight excluding hydrogens is 553 g/mol. The van der Waals surface area contributed by atoms with Crippen LogP contribution >= 0.6 is 0 Å². The molecule has 1 aliphatic heterocycles. The number of aryl methyl sites for hydroxylation is 1. The van der Waals surface area contributed by atoms with Gasteiger partial charge in [0.05, 0.1) is 11.7 Å². The third-order valence-corrected chi connectivity index (χ3v) is 9.30. The summed E-state index contributed by atoms with van der Waals surface area (Å²) in [5.41, 5.74) is 4.49. The van der Waals surface area contributed by atoms with Crippen LogP contribution in [0.4, 0.5) is 4.39 Å². The van der Waals surface area contributed by atoms with Crippen molar-refractivity contribution < 1.29 is 17.6 Å². The Hall–Kier alpha value is -3.47. The zero-order valence-electron chi connectivity index (χ0n) is 24.7. The van der Waals surface area contributed by atoms with Crippen LogP contribution in [0.5, 0.6) is 0 Å². The van der Waals surface area contributed by atoms with E-state index < -0.39 is 15.7 Å². The van der Waals surface area contributed by atoms with Gasteiger partial charge in [0, 0.05) is 67.6 Å². The first kappa shape index (κ1) is 30.0. The molecule has 8 nitrogen and oxygen atoms in total. The largest absolute Gasteiger partial charge is 0.360 e. The van der Waals surface area contributed by atoms with Gasteiger partial charge in [0.2, 0.25) is 0 Å². The molecule has 0 amide bonds. The summed E-state index contributed by atoms with van der Waals surface area (Å²) in [6, 6.07) is 10.2. The monoisotopic (exact) mass is 591 g/mol. The Morgan fingerprint density at radius 2 is 1.86 bits per heavy atom. The molecule has 0 saturated carbocycles. The lowest BCUT2D eigenvalue weighted by Gasteiger charge is -2.28. The first-order valence-corrected chi connectivity index (χ1v) is 16.3. The molecule has 1 saturated heterocycles. The van der Waals surface area contributed by atoms with Gasteiger partial charge in [0.1, 0.15) is 16.5 Å². The number of nitrogens with zero attached hydrogens (tertiary/aromatic N) is 4. The molecule has 1 atom stereocenters. The molecule has 2 aromatic heterocycles. The molecule has 0 spiro atoms. The number of para-hydroxylation sites is 1. The highest BCUT2D eigenvalue weighted by Gasteiger charge is 2.26. The van der Waals surface area contributed by atoms with E-state index in [0.717, 1.165) is 72.9 Å². The zero-order chi connectivity index (χ0) is 30.0. The van der Waals surface area contributed by atoms with Crippen molar-refractivity contribution in [1.82, 2.24) is 24.8 Å². The fourth-order valence-corrected chi connectivity index (χ4v) is 6.70. The van der Waals surface area contributed by atoms with Crippen LogP contribution in [0.15, 0.2) is 53.7 Å². The van der Waals surface area contributed by atoms with Crippen LogP contribution in [-0.2, 0) is 27.5 Å². The predicted octanol–water partition coefficient (Wildman–Crippen LogP) is 4.59. The topological polar surface area (TPSA) is 99.3 Å². The molecule has 2 aromatic carbocycles. The summed E-state index contributed by atoms with van der Waals surface area (Å²) in [6.45, 7) is 7.86. The Kier molecular flexibility index (Phi) is 8.86. The summed E-state index contributed by atoms with van der Waals surface area (Å²) < 4.78 is 39.0. The van der Waals surface area contributed by atoms with E-state index in [9.17, 15) is 13.2 Å². The Morgan fingerprint density at radius 3 is 2.62 bits per heavy atom. The SMILES string of the molecule is CC[C@H](C(=O)Cc1cccc2c(-c3nc(Cc4cccc(S(C)(=O)=O)c4F)ncc3C)c[nH]c12)N1CCCN(C)CC1. The van der Waals surface area contributed by atoms with E-state index in [1.54, 1.807) is 12.3 Å². The van der Waals surface area contributed by atoms with Crippen molar-refractivity contribution in [2.45, 2.75) is 50.5 Å². The number of carbonyl (C=O) groups excluding carboxylic acids is 1. The van der Waals surface area contributed by atoms with Gasteiger partial charge in [-0.3, -0.25) is 9.69 Å². The Bertz CT molecular complexity index is 1720. The van der Waals surface area contributed by atoms with Gasteiger partial charge in [-0.2, -0.15) is 0 Å². The highest BCUT2D eigenvalue weighted by atomic mass is 32.2. The predicted molar refractivity (Wildman–Crippen MR) is 163 cm³/mol. The van der Waals surface area contributed by atoms with E-state index in [2.05, 4.69) is 33.7 Å². The number of benzene rings is 2. The standard InChI is InChI=1S/C32H38FN5O3S/c1-5-26(38-14-8-13-37(3)15-16-38)27(39)17-23-10-6-11-24-25(20-35-32(23)24)31-21(2)19-34-29(36-31)18-22-9-7-12-28(30(22)33)42(4,40)41/h6-7,9-12,19-20,26,35H,5,8,13-18H2,1-4H3/t26-/m1/s1. The molecule has 0 radical (unpaired) electrons. The number of sulfone groups is 1. The highest BCUT2D eigenvalue weighted by Crippen LogP contribution is 2.32. The van der Waals surface area contributed by atoms with Crippen LogP contribution in [-0.4, -0.2) is 84.5 Å². The average molecular weight is 592 g/mol. The lowest BCUT2D eigenvalue weighted by atomic mass is 9.97.